The molecular formula is C25H25BrN4O2S. The fourth-order valence-corrected chi connectivity index (χ4v) is 4.08. The number of nitrogens with zero attached hydrogens (tertiary/aromatic N) is 1. The third-order valence-electron chi connectivity index (χ3n) is 5.00. The Morgan fingerprint density at radius 3 is 2.09 bits per heavy atom. The Bertz CT molecular complexity index is 1170. The van der Waals surface area contributed by atoms with Crippen LogP contribution in [0.3, 0.4) is 0 Å². The average Bonchev–Trinajstić information content (AvgIpc) is 3.31. The molecule has 0 atom stereocenters. The highest BCUT2D eigenvalue weighted by Gasteiger charge is 2.11. The van der Waals surface area contributed by atoms with Gasteiger partial charge in [-0.2, -0.15) is 0 Å². The maximum Gasteiger partial charge on any atom is 0.195 e. The molecule has 0 saturated heterocycles. The zero-order valence-electron chi connectivity index (χ0n) is 18.3. The highest BCUT2D eigenvalue weighted by molar-refractivity contribution is 8.93. The standard InChI is InChI=1S/C25H24N4O2S.BrH/c1-30-22-9-6-10-23(31-2)20(22)15-27-24(26)29-25-28-21(16-32-25)19-13-11-18(12-14-19)17-7-4-3-5-8-17;/h3-14,16H,15H2,1-2H3,(H3,26,27,28,29);1H. The van der Waals surface area contributed by atoms with Gasteiger partial charge in [-0.15, -0.1) is 28.3 Å². The molecule has 0 saturated carbocycles. The van der Waals surface area contributed by atoms with Gasteiger partial charge >= 0.3 is 0 Å². The Hall–Kier alpha value is -3.36. The van der Waals surface area contributed by atoms with Gasteiger partial charge in [-0.05, 0) is 23.3 Å². The summed E-state index contributed by atoms with van der Waals surface area (Å²) in [7, 11) is 3.23. The van der Waals surface area contributed by atoms with Crippen LogP contribution in [0.2, 0.25) is 0 Å². The second kappa shape index (κ2) is 11.5. The van der Waals surface area contributed by atoms with Gasteiger partial charge in [-0.3, -0.25) is 5.41 Å². The van der Waals surface area contributed by atoms with Crippen molar-refractivity contribution in [3.63, 3.8) is 0 Å². The first-order valence-corrected chi connectivity index (χ1v) is 11.0. The molecule has 6 nitrogen and oxygen atoms in total. The summed E-state index contributed by atoms with van der Waals surface area (Å²) < 4.78 is 10.8. The van der Waals surface area contributed by atoms with Crippen LogP contribution in [0.25, 0.3) is 22.4 Å². The van der Waals surface area contributed by atoms with Crippen LogP contribution >= 0.6 is 28.3 Å². The quantitative estimate of drug-likeness (QED) is 0.198. The molecule has 0 spiro atoms. The molecule has 4 rings (SSSR count). The number of anilines is 1. The predicted molar refractivity (Wildman–Crippen MR) is 141 cm³/mol. The number of nitrogens with one attached hydrogen (secondary N) is 3. The number of aromatic nitrogens is 1. The summed E-state index contributed by atoms with van der Waals surface area (Å²) in [5.74, 6) is 1.57. The summed E-state index contributed by atoms with van der Waals surface area (Å²) in [6.07, 6.45) is 0. The van der Waals surface area contributed by atoms with E-state index < -0.39 is 0 Å². The van der Waals surface area contributed by atoms with Crippen LogP contribution in [-0.2, 0) is 6.54 Å². The van der Waals surface area contributed by atoms with E-state index in [4.69, 9.17) is 14.9 Å². The van der Waals surface area contributed by atoms with Gasteiger partial charge in [0.15, 0.2) is 11.1 Å². The normalized spacial score (nSPS) is 10.1. The van der Waals surface area contributed by atoms with Crippen LogP contribution < -0.4 is 20.1 Å². The molecule has 33 heavy (non-hydrogen) atoms. The fraction of sp³-hybridized carbons (Fsp3) is 0.120. The first kappa shape index (κ1) is 24.3. The van der Waals surface area contributed by atoms with Gasteiger partial charge in [-0.25, -0.2) is 4.98 Å². The van der Waals surface area contributed by atoms with Crippen molar-refractivity contribution in [1.29, 1.82) is 5.41 Å². The molecule has 0 unspecified atom stereocenters. The molecule has 3 N–H and O–H groups in total. The number of hydrogen-bond donors (Lipinski definition) is 3. The molecular weight excluding hydrogens is 500 g/mol. The Labute approximate surface area is 207 Å². The van der Waals surface area contributed by atoms with Crippen molar-refractivity contribution < 1.29 is 9.47 Å². The Balaban J connectivity index is 0.00000306. The predicted octanol–water partition coefficient (Wildman–Crippen LogP) is 6.21. The van der Waals surface area contributed by atoms with Crippen LogP contribution in [0.4, 0.5) is 5.13 Å². The minimum absolute atomic E-state index is 0. The van der Waals surface area contributed by atoms with Gasteiger partial charge in [0.2, 0.25) is 0 Å². The van der Waals surface area contributed by atoms with Gasteiger partial charge in [0.05, 0.1) is 32.0 Å². The Kier molecular flexibility index (Phi) is 8.46. The van der Waals surface area contributed by atoms with E-state index in [0.717, 1.165) is 16.8 Å². The number of thiazole rings is 1. The zero-order chi connectivity index (χ0) is 22.3. The summed E-state index contributed by atoms with van der Waals surface area (Å²) >= 11 is 1.46. The highest BCUT2D eigenvalue weighted by atomic mass is 79.9. The van der Waals surface area contributed by atoms with E-state index in [1.807, 2.05) is 41.8 Å². The van der Waals surface area contributed by atoms with Gasteiger partial charge in [0.1, 0.15) is 11.5 Å². The molecule has 0 aliphatic carbocycles. The van der Waals surface area contributed by atoms with Gasteiger partial charge in [-0.1, -0.05) is 60.7 Å². The Morgan fingerprint density at radius 2 is 1.45 bits per heavy atom. The minimum Gasteiger partial charge on any atom is -0.496 e. The molecule has 170 valence electrons. The summed E-state index contributed by atoms with van der Waals surface area (Å²) in [5, 5.41) is 16.9. The second-order valence-electron chi connectivity index (χ2n) is 6.98. The second-order valence-corrected chi connectivity index (χ2v) is 7.83. The number of benzene rings is 3. The maximum atomic E-state index is 8.23. The first-order chi connectivity index (χ1) is 15.7. The van der Waals surface area contributed by atoms with Crippen molar-refractivity contribution in [3.8, 4) is 33.9 Å². The molecule has 1 aromatic heterocycles. The SMILES string of the molecule is Br.COc1cccc(OC)c1CNC(=N)Nc1nc(-c2ccc(-c3ccccc3)cc2)cs1. The lowest BCUT2D eigenvalue weighted by molar-refractivity contribution is 0.384. The van der Waals surface area contributed by atoms with Crippen LogP contribution in [-0.4, -0.2) is 25.2 Å². The number of ether oxygens (including phenoxy) is 2. The van der Waals surface area contributed by atoms with E-state index in [1.165, 1.54) is 22.5 Å². The molecule has 3 aromatic carbocycles. The number of rotatable bonds is 7. The van der Waals surface area contributed by atoms with Crippen LogP contribution in [0.5, 0.6) is 11.5 Å². The topological polar surface area (TPSA) is 79.3 Å². The largest absolute Gasteiger partial charge is 0.496 e. The fourth-order valence-electron chi connectivity index (χ4n) is 3.36. The number of methoxy groups -OCH3 is 2. The van der Waals surface area contributed by atoms with Crippen molar-refractivity contribution in [2.24, 2.45) is 0 Å². The van der Waals surface area contributed by atoms with Gasteiger partial charge in [0, 0.05) is 10.9 Å². The summed E-state index contributed by atoms with van der Waals surface area (Å²) in [6, 6.07) is 24.2. The average molecular weight is 525 g/mol. The lowest BCUT2D eigenvalue weighted by Gasteiger charge is -2.14. The van der Waals surface area contributed by atoms with Crippen molar-refractivity contribution in [3.05, 3.63) is 83.7 Å². The van der Waals surface area contributed by atoms with Gasteiger partial charge < -0.3 is 20.1 Å². The van der Waals surface area contributed by atoms with E-state index in [-0.39, 0.29) is 22.9 Å². The molecule has 0 amide bonds. The molecule has 0 fully saturated rings. The molecule has 0 aliphatic rings. The highest BCUT2D eigenvalue weighted by Crippen LogP contribution is 2.29. The zero-order valence-corrected chi connectivity index (χ0v) is 20.8. The summed E-state index contributed by atoms with van der Waals surface area (Å²) in [4.78, 5) is 4.62. The van der Waals surface area contributed by atoms with Crippen LogP contribution in [0, 0.1) is 5.41 Å². The molecule has 1 heterocycles. The number of halogens is 1. The summed E-state index contributed by atoms with van der Waals surface area (Å²) in [5.41, 5.74) is 5.11. The number of hydrogen-bond acceptors (Lipinski definition) is 5. The molecule has 0 bridgehead atoms. The van der Waals surface area contributed by atoms with Crippen molar-refractivity contribution in [1.82, 2.24) is 10.3 Å². The third-order valence-corrected chi connectivity index (χ3v) is 5.75. The van der Waals surface area contributed by atoms with E-state index in [9.17, 15) is 0 Å². The maximum absolute atomic E-state index is 8.23. The van der Waals surface area contributed by atoms with E-state index in [0.29, 0.717) is 23.2 Å². The summed E-state index contributed by atoms with van der Waals surface area (Å²) in [6.45, 7) is 0.387. The molecule has 0 radical (unpaired) electrons. The van der Waals surface area contributed by atoms with Crippen LogP contribution in [0.15, 0.2) is 78.2 Å². The molecule has 0 aliphatic heterocycles. The van der Waals surface area contributed by atoms with E-state index >= 15 is 0 Å². The van der Waals surface area contributed by atoms with Crippen molar-refractivity contribution in [2.45, 2.75) is 6.54 Å². The third kappa shape index (κ3) is 5.91. The van der Waals surface area contributed by atoms with E-state index in [1.54, 1.807) is 14.2 Å². The lowest BCUT2D eigenvalue weighted by Crippen LogP contribution is -2.29. The molecule has 8 heteroatoms. The monoisotopic (exact) mass is 524 g/mol. The first-order valence-electron chi connectivity index (χ1n) is 10.1. The van der Waals surface area contributed by atoms with Crippen LogP contribution in [0.1, 0.15) is 5.56 Å². The minimum atomic E-state index is 0. The smallest absolute Gasteiger partial charge is 0.195 e. The number of guanidine groups is 1. The molecule has 4 aromatic rings. The van der Waals surface area contributed by atoms with E-state index in [2.05, 4.69) is 52.0 Å². The van der Waals surface area contributed by atoms with Crippen molar-refractivity contribution >= 4 is 39.4 Å². The van der Waals surface area contributed by atoms with Gasteiger partial charge in [0.25, 0.3) is 0 Å². The van der Waals surface area contributed by atoms with Crippen molar-refractivity contribution in [2.75, 3.05) is 19.5 Å². The lowest BCUT2D eigenvalue weighted by atomic mass is 10.0. The Morgan fingerprint density at radius 1 is 0.848 bits per heavy atom.